The fourth-order valence-corrected chi connectivity index (χ4v) is 3.50. The third-order valence-corrected chi connectivity index (χ3v) is 5.50. The monoisotopic (exact) mass is 574 g/mol. The molecule has 11 heteroatoms. The van der Waals surface area contributed by atoms with Crippen molar-refractivity contribution in [3.05, 3.63) is 94.7 Å². The number of ketones is 1. The molecule has 0 aliphatic heterocycles. The van der Waals surface area contributed by atoms with Crippen LogP contribution < -0.4 is 20.1 Å². The lowest BCUT2D eigenvalue weighted by Crippen LogP contribution is -2.28. The molecule has 0 radical (unpaired) electrons. The second kappa shape index (κ2) is 13.3. The molecule has 2 amide bonds. The molecule has 3 N–H and O–H groups in total. The maximum atomic E-state index is 12.7. The average Bonchev–Trinajstić information content (AvgIpc) is 2.92. The summed E-state index contributed by atoms with van der Waals surface area (Å²) in [6, 6.07) is 16.1. The van der Waals surface area contributed by atoms with E-state index in [1.165, 1.54) is 86.8 Å². The Morgan fingerprint density at radius 3 is 1.95 bits per heavy atom. The van der Waals surface area contributed by atoms with Gasteiger partial charge >= 0.3 is 18.0 Å². The SMILES string of the molecule is COc1cc(/C=C(/NC(=O)c2ccc(NC(=O)OC(C)(C)C)cc2)C(=O)O)ccc1OC(=O)c1ccc(C(C)=O)cc1. The van der Waals surface area contributed by atoms with Crippen LogP contribution in [0, 0.1) is 0 Å². The summed E-state index contributed by atoms with van der Waals surface area (Å²) in [5, 5.41) is 14.6. The Labute approximate surface area is 242 Å². The second-order valence-corrected chi connectivity index (χ2v) is 9.95. The van der Waals surface area contributed by atoms with Crippen molar-refractivity contribution < 1.29 is 43.3 Å². The first-order chi connectivity index (χ1) is 19.8. The maximum Gasteiger partial charge on any atom is 0.412 e. The van der Waals surface area contributed by atoms with Gasteiger partial charge in [0.15, 0.2) is 17.3 Å². The summed E-state index contributed by atoms with van der Waals surface area (Å²) in [6.45, 7) is 6.60. The van der Waals surface area contributed by atoms with Crippen LogP contribution in [0.25, 0.3) is 6.08 Å². The first-order valence-electron chi connectivity index (χ1n) is 12.6. The van der Waals surface area contributed by atoms with Crippen molar-refractivity contribution in [1.29, 1.82) is 0 Å². The molecule has 11 nitrogen and oxygen atoms in total. The molecule has 0 aromatic heterocycles. The second-order valence-electron chi connectivity index (χ2n) is 9.95. The number of carbonyl (C=O) groups is 5. The van der Waals surface area contributed by atoms with Crippen LogP contribution in [0.15, 0.2) is 72.4 Å². The average molecular weight is 575 g/mol. The van der Waals surface area contributed by atoms with Gasteiger partial charge in [-0.2, -0.15) is 0 Å². The molecule has 0 saturated carbocycles. The predicted molar refractivity (Wildman–Crippen MR) is 154 cm³/mol. The van der Waals surface area contributed by atoms with Crippen LogP contribution in [0.5, 0.6) is 11.5 Å². The molecule has 0 unspecified atom stereocenters. The number of hydrogen-bond donors (Lipinski definition) is 3. The molecule has 42 heavy (non-hydrogen) atoms. The number of hydrogen-bond acceptors (Lipinski definition) is 8. The van der Waals surface area contributed by atoms with E-state index in [0.717, 1.165) is 0 Å². The van der Waals surface area contributed by atoms with Crippen molar-refractivity contribution >= 4 is 41.5 Å². The number of anilines is 1. The number of methoxy groups -OCH3 is 1. The highest BCUT2D eigenvalue weighted by atomic mass is 16.6. The molecular weight excluding hydrogens is 544 g/mol. The highest BCUT2D eigenvalue weighted by Gasteiger charge is 2.18. The molecule has 0 saturated heterocycles. The summed E-state index contributed by atoms with van der Waals surface area (Å²) in [4.78, 5) is 60.6. The molecular formula is C31H30N2O9. The number of carboxylic acids is 1. The summed E-state index contributed by atoms with van der Waals surface area (Å²) >= 11 is 0. The number of nitrogens with one attached hydrogen (secondary N) is 2. The maximum absolute atomic E-state index is 12.7. The standard InChI is InChI=1S/C31H30N2O9/c1-18(34)20-7-9-22(10-8-20)29(38)41-25-15-6-19(17-26(25)40-5)16-24(28(36)37)33-27(35)21-11-13-23(14-12-21)32-30(39)42-31(2,3)4/h6-17H,1-5H3,(H,32,39)(H,33,35)(H,36,37)/b24-16+. The molecule has 0 fully saturated rings. The van der Waals surface area contributed by atoms with Gasteiger partial charge in [0.05, 0.1) is 12.7 Å². The number of Topliss-reactive ketones (excluding diaryl/α,β-unsaturated/α-hetero) is 1. The third-order valence-electron chi connectivity index (χ3n) is 5.50. The quantitative estimate of drug-likeness (QED) is 0.133. The Morgan fingerprint density at radius 2 is 1.40 bits per heavy atom. The van der Waals surface area contributed by atoms with Gasteiger partial charge in [0, 0.05) is 16.8 Å². The van der Waals surface area contributed by atoms with Crippen LogP contribution in [0.1, 0.15) is 64.3 Å². The molecule has 0 aliphatic rings. The number of benzene rings is 3. The third kappa shape index (κ3) is 8.78. The van der Waals surface area contributed by atoms with Gasteiger partial charge in [-0.05, 0) is 87.9 Å². The van der Waals surface area contributed by atoms with Gasteiger partial charge in [-0.3, -0.25) is 14.9 Å². The number of carbonyl (C=O) groups excluding carboxylic acids is 4. The normalized spacial score (nSPS) is 11.2. The number of rotatable bonds is 9. The molecule has 0 spiro atoms. The smallest absolute Gasteiger partial charge is 0.412 e. The minimum atomic E-state index is -1.39. The minimum absolute atomic E-state index is 0.0799. The van der Waals surface area contributed by atoms with E-state index in [4.69, 9.17) is 14.2 Å². The van der Waals surface area contributed by atoms with Crippen molar-refractivity contribution in [2.24, 2.45) is 0 Å². The van der Waals surface area contributed by atoms with Gasteiger partial charge in [-0.25, -0.2) is 14.4 Å². The van der Waals surface area contributed by atoms with Crippen LogP contribution in [0.3, 0.4) is 0 Å². The van der Waals surface area contributed by atoms with Crippen LogP contribution >= 0.6 is 0 Å². The molecule has 0 atom stereocenters. The van der Waals surface area contributed by atoms with Gasteiger partial charge in [0.2, 0.25) is 0 Å². The number of carboxylic acid groups (broad SMARTS) is 1. The summed E-state index contributed by atoms with van der Waals surface area (Å²) in [5.74, 6) is -2.69. The van der Waals surface area contributed by atoms with Crippen molar-refractivity contribution in [1.82, 2.24) is 5.32 Å². The van der Waals surface area contributed by atoms with E-state index < -0.39 is 35.2 Å². The summed E-state index contributed by atoms with van der Waals surface area (Å²) < 4.78 is 15.9. The van der Waals surface area contributed by atoms with Gasteiger partial charge < -0.3 is 24.6 Å². The van der Waals surface area contributed by atoms with Gasteiger partial charge in [-0.1, -0.05) is 18.2 Å². The zero-order valence-electron chi connectivity index (χ0n) is 23.6. The molecule has 3 aromatic carbocycles. The van der Waals surface area contributed by atoms with E-state index in [1.54, 1.807) is 20.8 Å². The number of esters is 1. The Kier molecular flexibility index (Phi) is 9.82. The van der Waals surface area contributed by atoms with E-state index in [9.17, 15) is 29.1 Å². The van der Waals surface area contributed by atoms with Crippen LogP contribution in [-0.4, -0.2) is 47.5 Å². The van der Waals surface area contributed by atoms with Crippen molar-refractivity contribution in [3.8, 4) is 11.5 Å². The van der Waals surface area contributed by atoms with Crippen LogP contribution in [0.4, 0.5) is 10.5 Å². The minimum Gasteiger partial charge on any atom is -0.493 e. The van der Waals surface area contributed by atoms with Gasteiger partial charge in [0.25, 0.3) is 5.91 Å². The highest BCUT2D eigenvalue weighted by molar-refractivity contribution is 6.03. The fraction of sp³-hybridized carbons (Fsp3) is 0.194. The zero-order chi connectivity index (χ0) is 31.0. The van der Waals surface area contributed by atoms with Gasteiger partial charge in [-0.15, -0.1) is 0 Å². The topological polar surface area (TPSA) is 157 Å². The summed E-state index contributed by atoms with van der Waals surface area (Å²) in [5.41, 5.74) is 0.441. The molecule has 3 aromatic rings. The van der Waals surface area contributed by atoms with E-state index in [-0.39, 0.29) is 28.4 Å². The Morgan fingerprint density at radius 1 is 0.810 bits per heavy atom. The van der Waals surface area contributed by atoms with E-state index >= 15 is 0 Å². The van der Waals surface area contributed by atoms with Crippen LogP contribution in [-0.2, 0) is 9.53 Å². The Bertz CT molecular complexity index is 1530. The fourth-order valence-electron chi connectivity index (χ4n) is 3.50. The van der Waals surface area contributed by atoms with Crippen molar-refractivity contribution in [2.45, 2.75) is 33.3 Å². The van der Waals surface area contributed by atoms with E-state index in [0.29, 0.717) is 16.8 Å². The largest absolute Gasteiger partial charge is 0.493 e. The molecule has 218 valence electrons. The Hall–Kier alpha value is -5.45. The first kappa shape index (κ1) is 31.1. The highest BCUT2D eigenvalue weighted by Crippen LogP contribution is 2.30. The summed E-state index contributed by atoms with van der Waals surface area (Å²) in [7, 11) is 1.35. The molecule has 3 rings (SSSR count). The van der Waals surface area contributed by atoms with Gasteiger partial charge in [0.1, 0.15) is 11.3 Å². The van der Waals surface area contributed by atoms with E-state index in [1.807, 2.05) is 0 Å². The lowest BCUT2D eigenvalue weighted by atomic mass is 10.1. The summed E-state index contributed by atoms with van der Waals surface area (Å²) in [6.07, 6.45) is 0.558. The lowest BCUT2D eigenvalue weighted by Gasteiger charge is -2.19. The number of amides is 2. The molecule has 0 heterocycles. The Balaban J connectivity index is 1.72. The van der Waals surface area contributed by atoms with Crippen molar-refractivity contribution in [2.75, 3.05) is 12.4 Å². The molecule has 0 aliphatic carbocycles. The van der Waals surface area contributed by atoms with E-state index in [2.05, 4.69) is 10.6 Å². The lowest BCUT2D eigenvalue weighted by molar-refractivity contribution is -0.132. The predicted octanol–water partition coefficient (Wildman–Crippen LogP) is 5.32. The van der Waals surface area contributed by atoms with Crippen LogP contribution in [0.2, 0.25) is 0 Å². The molecule has 0 bridgehead atoms. The van der Waals surface area contributed by atoms with Crippen molar-refractivity contribution in [3.63, 3.8) is 0 Å². The zero-order valence-corrected chi connectivity index (χ0v) is 23.6. The number of aliphatic carboxylic acids is 1. The number of ether oxygens (including phenoxy) is 3. The first-order valence-corrected chi connectivity index (χ1v) is 12.6.